The molecule has 9 nitrogen and oxygen atoms in total. The van der Waals surface area contributed by atoms with Crippen LogP contribution in [-0.4, -0.2) is 56.8 Å². The minimum atomic E-state index is -4.70. The summed E-state index contributed by atoms with van der Waals surface area (Å²) >= 11 is 6.59. The Bertz CT molecular complexity index is 1820. The number of carbonyl (C=O) groups excluding carboxylic acids is 1. The van der Waals surface area contributed by atoms with Gasteiger partial charge in [0.05, 0.1) is 34.7 Å². The molecule has 0 bridgehead atoms. The van der Waals surface area contributed by atoms with Crippen molar-refractivity contribution in [1.29, 1.82) is 0 Å². The van der Waals surface area contributed by atoms with E-state index >= 15 is 0 Å². The molecule has 0 spiro atoms. The van der Waals surface area contributed by atoms with E-state index in [4.69, 9.17) is 16.3 Å². The van der Waals surface area contributed by atoms with Crippen LogP contribution >= 0.6 is 22.9 Å². The lowest BCUT2D eigenvalue weighted by atomic mass is 9.91. The van der Waals surface area contributed by atoms with Crippen LogP contribution in [-0.2, 0) is 23.9 Å². The zero-order chi connectivity index (χ0) is 32.7. The summed E-state index contributed by atoms with van der Waals surface area (Å²) in [6, 6.07) is 8.48. The molecule has 240 valence electrons. The molecule has 0 radical (unpaired) electrons. The van der Waals surface area contributed by atoms with Gasteiger partial charge in [0.2, 0.25) is 5.88 Å². The highest BCUT2D eigenvalue weighted by Crippen LogP contribution is 2.37. The number of alkyl halides is 3. The molecule has 2 aliphatic rings. The lowest BCUT2D eigenvalue weighted by Crippen LogP contribution is -2.44. The van der Waals surface area contributed by atoms with E-state index in [0.717, 1.165) is 10.6 Å². The summed E-state index contributed by atoms with van der Waals surface area (Å²) in [5.74, 6) is -0.712. The summed E-state index contributed by atoms with van der Waals surface area (Å²) in [6.45, 7) is 5.84. The van der Waals surface area contributed by atoms with Crippen LogP contribution in [0.25, 0.3) is 5.57 Å². The highest BCUT2D eigenvalue weighted by Gasteiger charge is 2.35. The number of aliphatic hydroxyl groups excluding tert-OH is 1. The Kier molecular flexibility index (Phi) is 9.16. The summed E-state index contributed by atoms with van der Waals surface area (Å²) in [4.78, 5) is 26.7. The number of aromatic nitrogens is 1. The number of fused-ring (bicyclic) bond motifs is 1. The average Bonchev–Trinajstić information content (AvgIpc) is 3.54. The van der Waals surface area contributed by atoms with Crippen molar-refractivity contribution in [3.63, 3.8) is 0 Å². The number of halogens is 4. The number of hydrogen-bond acceptors (Lipinski definition) is 8. The van der Waals surface area contributed by atoms with Crippen molar-refractivity contribution < 1.29 is 32.9 Å². The van der Waals surface area contributed by atoms with Gasteiger partial charge in [0.25, 0.3) is 0 Å². The molecule has 2 aromatic carbocycles. The number of rotatable bonds is 6. The van der Waals surface area contributed by atoms with Gasteiger partial charge >= 0.3 is 17.1 Å². The maximum absolute atomic E-state index is 14.0. The maximum atomic E-state index is 14.0. The van der Waals surface area contributed by atoms with Gasteiger partial charge in [-0.1, -0.05) is 35.1 Å². The summed E-state index contributed by atoms with van der Waals surface area (Å²) in [6.07, 6.45) is -4.00. The normalized spacial score (nSPS) is 16.8. The second kappa shape index (κ2) is 12.6. The number of thiazole rings is 1. The smallest absolute Gasteiger partial charge is 0.416 e. The molecule has 0 saturated carbocycles. The molecule has 1 unspecified atom stereocenters. The molecule has 2 aliphatic heterocycles. The van der Waals surface area contributed by atoms with Gasteiger partial charge in [-0.25, -0.2) is 4.79 Å². The van der Waals surface area contributed by atoms with Gasteiger partial charge in [-0.15, -0.1) is 0 Å². The molecule has 1 saturated heterocycles. The zero-order valence-electron chi connectivity index (χ0n) is 24.8. The molecule has 0 aliphatic carbocycles. The van der Waals surface area contributed by atoms with Crippen LogP contribution in [0.15, 0.2) is 51.4 Å². The highest BCUT2D eigenvalue weighted by molar-refractivity contribution is 7.10. The molecule has 1 atom stereocenters. The Labute approximate surface area is 265 Å². The van der Waals surface area contributed by atoms with Crippen LogP contribution in [0.4, 0.5) is 18.0 Å². The summed E-state index contributed by atoms with van der Waals surface area (Å²) < 4.78 is 48.5. The van der Waals surface area contributed by atoms with Crippen molar-refractivity contribution >= 4 is 40.8 Å². The summed E-state index contributed by atoms with van der Waals surface area (Å²) in [5.41, 5.74) is -0.738. The predicted molar refractivity (Wildman–Crippen MR) is 164 cm³/mol. The number of benzene rings is 2. The number of carbonyl (C=O) groups is 1. The SMILES string of the molecule is CC(C)(C)OC(=O)N1CCC(C(O)Cn2c(O)c(C(Cc3ccc(Cl)cc3C(F)(F)F)=c3ccc4c(c3)C=NN=4)sc2=O)CC1. The molecule has 2 N–H and O–H groups in total. The van der Waals surface area contributed by atoms with E-state index in [1.807, 2.05) is 0 Å². The minimum Gasteiger partial charge on any atom is -0.493 e. The van der Waals surface area contributed by atoms with Gasteiger partial charge in [0, 0.05) is 30.1 Å². The van der Waals surface area contributed by atoms with Crippen LogP contribution < -0.4 is 15.4 Å². The fourth-order valence-electron chi connectivity index (χ4n) is 5.44. The van der Waals surface area contributed by atoms with E-state index in [-0.39, 0.29) is 39.9 Å². The Morgan fingerprint density at radius 1 is 1.16 bits per heavy atom. The van der Waals surface area contributed by atoms with E-state index < -0.39 is 40.3 Å². The van der Waals surface area contributed by atoms with Crippen molar-refractivity contribution in [2.75, 3.05) is 13.1 Å². The molecule has 1 fully saturated rings. The quantitative estimate of drug-likeness (QED) is 0.396. The second-order valence-electron chi connectivity index (χ2n) is 12.1. The largest absolute Gasteiger partial charge is 0.493 e. The molecular weight excluding hydrogens is 633 g/mol. The average molecular weight is 665 g/mol. The van der Waals surface area contributed by atoms with Gasteiger partial charge in [0.15, 0.2) is 0 Å². The van der Waals surface area contributed by atoms with Crippen LogP contribution in [0.3, 0.4) is 0 Å². The highest BCUT2D eigenvalue weighted by atomic mass is 35.5. The van der Waals surface area contributed by atoms with Crippen molar-refractivity contribution in [2.24, 2.45) is 16.1 Å². The Morgan fingerprint density at radius 3 is 2.53 bits per heavy atom. The Morgan fingerprint density at radius 2 is 1.87 bits per heavy atom. The summed E-state index contributed by atoms with van der Waals surface area (Å²) in [5, 5.41) is 31.3. The number of amides is 1. The molecule has 14 heteroatoms. The van der Waals surface area contributed by atoms with Crippen LogP contribution in [0, 0.1) is 5.92 Å². The van der Waals surface area contributed by atoms with Crippen LogP contribution in [0.1, 0.15) is 55.2 Å². The first-order chi connectivity index (χ1) is 21.1. The molecule has 3 aromatic rings. The van der Waals surface area contributed by atoms with Crippen LogP contribution in [0.2, 0.25) is 5.02 Å². The van der Waals surface area contributed by atoms with E-state index in [1.165, 1.54) is 18.3 Å². The number of nitrogens with zero attached hydrogens (tertiary/aromatic N) is 4. The molecule has 1 aromatic heterocycles. The van der Waals surface area contributed by atoms with Crippen molar-refractivity contribution in [2.45, 2.75) is 64.5 Å². The fourth-order valence-corrected chi connectivity index (χ4v) is 6.58. The van der Waals surface area contributed by atoms with Gasteiger partial charge < -0.3 is 19.8 Å². The zero-order valence-corrected chi connectivity index (χ0v) is 26.3. The van der Waals surface area contributed by atoms with Gasteiger partial charge in [-0.3, -0.25) is 9.36 Å². The Hall–Kier alpha value is -3.68. The fraction of sp³-hybridized carbons (Fsp3) is 0.419. The van der Waals surface area contributed by atoms with Crippen LogP contribution in [0.5, 0.6) is 5.88 Å². The Balaban J connectivity index is 1.46. The van der Waals surface area contributed by atoms with E-state index in [9.17, 15) is 33.0 Å². The first-order valence-corrected chi connectivity index (χ1v) is 15.5. The number of likely N-dealkylation sites (tertiary alicyclic amines) is 1. The number of piperidine rings is 1. The molecule has 5 rings (SSSR count). The molecular formula is C31H32ClF3N4O5S. The maximum Gasteiger partial charge on any atom is 0.416 e. The summed E-state index contributed by atoms with van der Waals surface area (Å²) in [7, 11) is 0. The number of aromatic hydroxyl groups is 1. The number of hydrogen-bond donors (Lipinski definition) is 2. The van der Waals surface area contributed by atoms with Crippen molar-refractivity contribution in [3.05, 3.63) is 83.2 Å². The monoisotopic (exact) mass is 664 g/mol. The van der Waals surface area contributed by atoms with Crippen molar-refractivity contribution in [1.82, 2.24) is 9.47 Å². The van der Waals surface area contributed by atoms with E-state index in [2.05, 4.69) is 10.2 Å². The third-order valence-corrected chi connectivity index (χ3v) is 8.99. The topological polar surface area (TPSA) is 117 Å². The van der Waals surface area contributed by atoms with Gasteiger partial charge in [-0.2, -0.15) is 23.4 Å². The standard InChI is InChI=1S/C31H32ClF3N4O5S/c1-30(2,3)44-28(42)38-10-8-17(9-11-38)25(40)16-39-27(41)26(45-29(39)43)22(18-5-7-24-20(12-18)15-36-37-24)13-19-4-6-21(32)14-23(19)31(33,34)35/h4-7,12,14-15,17,25,40-41H,8-11,13,16H2,1-3H3. The lowest BCUT2D eigenvalue weighted by molar-refractivity contribution is -0.138. The second-order valence-corrected chi connectivity index (χ2v) is 13.5. The first kappa shape index (κ1) is 32.7. The number of ether oxygens (including phenoxy) is 1. The van der Waals surface area contributed by atoms with E-state index in [0.29, 0.717) is 53.4 Å². The van der Waals surface area contributed by atoms with Gasteiger partial charge in [0.1, 0.15) is 5.60 Å². The molecule has 3 heterocycles. The number of aliphatic hydroxyl groups is 1. The van der Waals surface area contributed by atoms with E-state index in [1.54, 1.807) is 43.9 Å². The third kappa shape index (κ3) is 7.42. The minimum absolute atomic E-state index is 0.0763. The third-order valence-electron chi connectivity index (χ3n) is 7.73. The lowest BCUT2D eigenvalue weighted by Gasteiger charge is -2.35. The van der Waals surface area contributed by atoms with Gasteiger partial charge in [-0.05, 0) is 80.2 Å². The first-order valence-electron chi connectivity index (χ1n) is 14.3. The molecule has 45 heavy (non-hydrogen) atoms. The predicted octanol–water partition coefficient (Wildman–Crippen LogP) is 4.70. The molecule has 1 amide bonds. The van der Waals surface area contributed by atoms with Crippen molar-refractivity contribution in [3.8, 4) is 5.88 Å².